The number of aliphatic imine (C=N–C) groups is 1. The van der Waals surface area contributed by atoms with E-state index in [1.807, 2.05) is 0 Å². The highest BCUT2D eigenvalue weighted by atomic mass is 16.6. The molecular weight excluding hydrogens is 366 g/mol. The van der Waals surface area contributed by atoms with E-state index in [0.717, 1.165) is 0 Å². The standard InChI is InChI=1S/C12H16N4O5.C6H15N/c1-12(2,3)21-11(20)16-10(13)15-8(17)6-4-5-7(14-6)9(18)19;1-4-7(5-2)6-3/h4-5,14H,1-3H3,(H,18,19)(H3,13,15,16,17,20);4-6H2,1-3H3. The van der Waals surface area contributed by atoms with Gasteiger partial charge in [0.1, 0.15) is 17.0 Å². The molecule has 10 heteroatoms. The van der Waals surface area contributed by atoms with Gasteiger partial charge in [0, 0.05) is 0 Å². The van der Waals surface area contributed by atoms with Gasteiger partial charge in [-0.25, -0.2) is 9.59 Å². The molecule has 28 heavy (non-hydrogen) atoms. The van der Waals surface area contributed by atoms with Gasteiger partial charge in [0.25, 0.3) is 5.91 Å². The number of guanidine groups is 1. The van der Waals surface area contributed by atoms with Gasteiger partial charge in [-0.2, -0.15) is 0 Å². The summed E-state index contributed by atoms with van der Waals surface area (Å²) in [5, 5.41) is 10.8. The molecule has 0 spiro atoms. The Morgan fingerprint density at radius 1 is 1.14 bits per heavy atom. The molecule has 0 aliphatic rings. The average molecular weight is 397 g/mol. The van der Waals surface area contributed by atoms with Crippen molar-refractivity contribution in [1.29, 1.82) is 0 Å². The van der Waals surface area contributed by atoms with Crippen molar-refractivity contribution >= 4 is 23.9 Å². The minimum atomic E-state index is -1.20. The van der Waals surface area contributed by atoms with Gasteiger partial charge in [-0.15, -0.1) is 4.99 Å². The summed E-state index contributed by atoms with van der Waals surface area (Å²) in [4.78, 5) is 41.8. The number of amides is 2. The van der Waals surface area contributed by atoms with Crippen LogP contribution in [0.15, 0.2) is 17.1 Å². The molecule has 0 aliphatic carbocycles. The van der Waals surface area contributed by atoms with Crippen molar-refractivity contribution in [3.63, 3.8) is 0 Å². The lowest BCUT2D eigenvalue weighted by Crippen LogP contribution is -2.38. The van der Waals surface area contributed by atoms with Gasteiger partial charge in [0.05, 0.1) is 0 Å². The van der Waals surface area contributed by atoms with Crippen LogP contribution in [0.1, 0.15) is 62.5 Å². The normalized spacial score (nSPS) is 11.5. The first kappa shape index (κ1) is 25.1. The molecule has 158 valence electrons. The fraction of sp³-hybridized carbons (Fsp3) is 0.556. The van der Waals surface area contributed by atoms with Crippen molar-refractivity contribution in [2.75, 3.05) is 19.6 Å². The topological polar surface area (TPSA) is 150 Å². The molecule has 10 nitrogen and oxygen atoms in total. The van der Waals surface area contributed by atoms with Crippen LogP contribution in [-0.4, -0.2) is 64.2 Å². The molecule has 0 aromatic carbocycles. The van der Waals surface area contributed by atoms with Crippen LogP contribution in [0.2, 0.25) is 0 Å². The summed E-state index contributed by atoms with van der Waals surface area (Å²) in [6, 6.07) is 2.48. The maximum absolute atomic E-state index is 11.7. The number of carboxylic acid groups (broad SMARTS) is 1. The van der Waals surface area contributed by atoms with Crippen molar-refractivity contribution in [2.45, 2.75) is 47.1 Å². The SMILES string of the molecule is CC(C)(C)OC(=O)/N=C(\N)NC(=O)c1ccc(C(=O)O)[nH]1.CCN(CC)CC. The van der Waals surface area contributed by atoms with Crippen molar-refractivity contribution < 1.29 is 24.2 Å². The van der Waals surface area contributed by atoms with E-state index in [1.165, 1.54) is 31.8 Å². The molecule has 1 rings (SSSR count). The zero-order valence-electron chi connectivity index (χ0n) is 17.3. The van der Waals surface area contributed by atoms with Crippen LogP contribution in [0.3, 0.4) is 0 Å². The molecule has 0 aliphatic heterocycles. The number of rotatable bonds is 5. The summed E-state index contributed by atoms with van der Waals surface area (Å²) in [5.41, 5.74) is 4.47. The Kier molecular flexibility index (Phi) is 10.5. The molecule has 1 aromatic rings. The van der Waals surface area contributed by atoms with Crippen molar-refractivity contribution in [3.05, 3.63) is 23.5 Å². The Morgan fingerprint density at radius 2 is 1.64 bits per heavy atom. The van der Waals surface area contributed by atoms with Crippen LogP contribution < -0.4 is 11.1 Å². The molecule has 0 atom stereocenters. The molecule has 0 bridgehead atoms. The molecular formula is C18H31N5O5. The number of aromatic carboxylic acids is 1. The number of nitrogens with one attached hydrogen (secondary N) is 2. The average Bonchev–Trinajstić information content (AvgIpc) is 3.05. The number of aromatic amines is 1. The van der Waals surface area contributed by atoms with E-state index in [2.05, 4.69) is 41.0 Å². The second kappa shape index (κ2) is 11.8. The monoisotopic (exact) mass is 397 g/mol. The van der Waals surface area contributed by atoms with Crippen molar-refractivity contribution in [1.82, 2.24) is 15.2 Å². The quantitative estimate of drug-likeness (QED) is 0.438. The van der Waals surface area contributed by atoms with Gasteiger partial charge in [-0.3, -0.25) is 10.1 Å². The van der Waals surface area contributed by atoms with E-state index in [9.17, 15) is 14.4 Å². The minimum Gasteiger partial charge on any atom is -0.477 e. The minimum absolute atomic E-state index is 0.0326. The lowest BCUT2D eigenvalue weighted by molar-refractivity contribution is 0.0602. The van der Waals surface area contributed by atoms with Gasteiger partial charge in [0.2, 0.25) is 5.96 Å². The summed E-state index contributed by atoms with van der Waals surface area (Å²) in [6.45, 7) is 15.1. The van der Waals surface area contributed by atoms with Gasteiger partial charge < -0.3 is 25.5 Å². The van der Waals surface area contributed by atoms with Crippen LogP contribution in [0.4, 0.5) is 4.79 Å². The Bertz CT molecular complexity index is 681. The number of nitrogens with two attached hydrogens (primary N) is 1. The number of nitrogens with zero attached hydrogens (tertiary/aromatic N) is 2. The number of aromatic nitrogens is 1. The number of carbonyl (C=O) groups is 3. The Balaban J connectivity index is 0.000000887. The Morgan fingerprint density at radius 3 is 2.00 bits per heavy atom. The number of carboxylic acids is 1. The smallest absolute Gasteiger partial charge is 0.437 e. The van der Waals surface area contributed by atoms with Crippen LogP contribution >= 0.6 is 0 Å². The second-order valence-electron chi connectivity index (χ2n) is 6.64. The molecule has 1 aromatic heterocycles. The number of ether oxygens (including phenoxy) is 1. The Hall–Kier alpha value is -2.88. The van der Waals surface area contributed by atoms with E-state index in [0.29, 0.717) is 0 Å². The highest BCUT2D eigenvalue weighted by Crippen LogP contribution is 2.07. The largest absolute Gasteiger partial charge is 0.477 e. The van der Waals surface area contributed by atoms with Crippen LogP contribution in [0.5, 0.6) is 0 Å². The van der Waals surface area contributed by atoms with Gasteiger partial charge in [-0.05, 0) is 52.5 Å². The zero-order chi connectivity index (χ0) is 21.9. The second-order valence-corrected chi connectivity index (χ2v) is 6.64. The highest BCUT2D eigenvalue weighted by molar-refractivity contribution is 6.06. The molecule has 2 amide bonds. The van der Waals surface area contributed by atoms with Crippen LogP contribution in [0, 0.1) is 0 Å². The molecule has 0 saturated heterocycles. The summed E-state index contributed by atoms with van der Waals surface area (Å²) < 4.78 is 4.89. The first-order valence-corrected chi connectivity index (χ1v) is 8.96. The lowest BCUT2D eigenvalue weighted by Gasteiger charge is -2.17. The first-order valence-electron chi connectivity index (χ1n) is 8.96. The van der Waals surface area contributed by atoms with Gasteiger partial charge >= 0.3 is 12.1 Å². The van der Waals surface area contributed by atoms with Crippen LogP contribution in [-0.2, 0) is 4.74 Å². The fourth-order valence-corrected chi connectivity index (χ4v) is 1.92. The van der Waals surface area contributed by atoms with Gasteiger partial charge in [0.15, 0.2) is 0 Å². The van der Waals surface area contributed by atoms with E-state index < -0.39 is 29.5 Å². The summed E-state index contributed by atoms with van der Waals surface area (Å²) in [5.74, 6) is -2.39. The van der Waals surface area contributed by atoms with E-state index >= 15 is 0 Å². The summed E-state index contributed by atoms with van der Waals surface area (Å²) >= 11 is 0. The summed E-state index contributed by atoms with van der Waals surface area (Å²) in [7, 11) is 0. The lowest BCUT2D eigenvalue weighted by atomic mass is 10.2. The highest BCUT2D eigenvalue weighted by Gasteiger charge is 2.17. The fourth-order valence-electron chi connectivity index (χ4n) is 1.92. The first-order chi connectivity index (χ1) is 12.9. The predicted octanol–water partition coefficient (Wildman–Crippen LogP) is 2.04. The number of hydrogen-bond donors (Lipinski definition) is 4. The number of hydrogen-bond acceptors (Lipinski definition) is 5. The van der Waals surface area contributed by atoms with Crippen molar-refractivity contribution in [2.24, 2.45) is 10.7 Å². The van der Waals surface area contributed by atoms with Crippen molar-refractivity contribution in [3.8, 4) is 0 Å². The third-order valence-corrected chi connectivity index (χ3v) is 3.35. The molecule has 0 radical (unpaired) electrons. The third-order valence-electron chi connectivity index (χ3n) is 3.35. The van der Waals surface area contributed by atoms with E-state index in [4.69, 9.17) is 15.6 Å². The maximum Gasteiger partial charge on any atom is 0.437 e. The van der Waals surface area contributed by atoms with Crippen LogP contribution in [0.25, 0.3) is 0 Å². The molecule has 0 fully saturated rings. The van der Waals surface area contributed by atoms with E-state index in [-0.39, 0.29) is 11.4 Å². The van der Waals surface area contributed by atoms with Gasteiger partial charge in [-0.1, -0.05) is 20.8 Å². The molecule has 0 unspecified atom stereocenters. The molecule has 1 heterocycles. The molecule has 0 saturated carbocycles. The summed E-state index contributed by atoms with van der Waals surface area (Å²) in [6.07, 6.45) is -0.946. The number of carbonyl (C=O) groups excluding carboxylic acids is 2. The maximum atomic E-state index is 11.7. The predicted molar refractivity (Wildman–Crippen MR) is 107 cm³/mol. The van der Waals surface area contributed by atoms with E-state index in [1.54, 1.807) is 20.8 Å². The molecule has 5 N–H and O–H groups in total. The number of H-pyrrole nitrogens is 1. The third kappa shape index (κ3) is 10.3. The zero-order valence-corrected chi connectivity index (χ0v) is 17.3. The Labute approximate surface area is 165 Å².